The maximum absolute atomic E-state index is 12.9. The van der Waals surface area contributed by atoms with Crippen LogP contribution in [-0.4, -0.2) is 29.7 Å². The molecule has 1 aliphatic heterocycles. The molecule has 1 saturated heterocycles. The summed E-state index contributed by atoms with van der Waals surface area (Å²) >= 11 is 3.22. The van der Waals surface area contributed by atoms with Gasteiger partial charge < -0.3 is 9.64 Å². The fraction of sp³-hybridized carbons (Fsp3) is 0.556. The number of carbonyl (C=O) groups excluding carboxylic acids is 1. The van der Waals surface area contributed by atoms with Gasteiger partial charge in [0.15, 0.2) is 0 Å². The molecule has 1 aliphatic rings. The van der Waals surface area contributed by atoms with Gasteiger partial charge in [0.1, 0.15) is 5.60 Å². The van der Waals surface area contributed by atoms with Gasteiger partial charge in [-0.1, -0.05) is 22.0 Å². The molecule has 8 heteroatoms. The van der Waals surface area contributed by atoms with E-state index in [2.05, 4.69) is 22.0 Å². The van der Waals surface area contributed by atoms with Crippen molar-refractivity contribution in [2.24, 2.45) is 5.92 Å². The van der Waals surface area contributed by atoms with E-state index in [0.717, 1.165) is 12.1 Å². The zero-order valence-electron chi connectivity index (χ0n) is 14.7. The number of hydrogen-bond donors (Lipinski definition) is 0. The van der Waals surface area contributed by atoms with Crippen LogP contribution in [0.1, 0.15) is 44.2 Å². The van der Waals surface area contributed by atoms with Crippen molar-refractivity contribution in [3.05, 3.63) is 33.8 Å². The zero-order chi connectivity index (χ0) is 19.7. The lowest BCUT2D eigenvalue weighted by Crippen LogP contribution is -2.35. The summed E-state index contributed by atoms with van der Waals surface area (Å²) < 4.78 is 44.3. The Labute approximate surface area is 159 Å². The number of nitrogens with zero attached hydrogens (tertiary/aromatic N) is 2. The predicted octanol–water partition coefficient (Wildman–Crippen LogP) is 5.33. The summed E-state index contributed by atoms with van der Waals surface area (Å²) in [5.41, 5.74) is -0.731. The number of amides is 1. The molecule has 1 aromatic carbocycles. The van der Waals surface area contributed by atoms with Crippen LogP contribution in [0.15, 0.2) is 22.7 Å². The van der Waals surface area contributed by atoms with Crippen LogP contribution in [0, 0.1) is 17.2 Å². The molecule has 142 valence electrons. The number of rotatable bonds is 2. The third-order valence-electron chi connectivity index (χ3n) is 4.17. The zero-order valence-corrected chi connectivity index (χ0v) is 16.3. The molecular formula is C18H20BrF3N2O2. The highest BCUT2D eigenvalue weighted by atomic mass is 79.9. The monoisotopic (exact) mass is 432 g/mol. The van der Waals surface area contributed by atoms with E-state index in [4.69, 9.17) is 10.00 Å². The lowest BCUT2D eigenvalue weighted by atomic mass is 9.87. The summed E-state index contributed by atoms with van der Waals surface area (Å²) in [6.07, 6.45) is -4.70. The normalized spacial score (nSPS) is 20.8. The number of benzene rings is 1. The van der Waals surface area contributed by atoms with Gasteiger partial charge in [0.2, 0.25) is 0 Å². The van der Waals surface area contributed by atoms with Crippen molar-refractivity contribution in [1.82, 2.24) is 4.90 Å². The Morgan fingerprint density at radius 1 is 1.35 bits per heavy atom. The van der Waals surface area contributed by atoms with E-state index < -0.39 is 23.4 Å². The first-order chi connectivity index (χ1) is 11.9. The molecule has 0 saturated carbocycles. The first kappa shape index (κ1) is 20.6. The topological polar surface area (TPSA) is 53.3 Å². The summed E-state index contributed by atoms with van der Waals surface area (Å²) in [5, 5.41) is 9.08. The summed E-state index contributed by atoms with van der Waals surface area (Å²) in [6.45, 7) is 5.92. The van der Waals surface area contributed by atoms with Crippen LogP contribution >= 0.6 is 15.9 Å². The second-order valence-corrected chi connectivity index (χ2v) is 8.20. The van der Waals surface area contributed by atoms with E-state index in [1.807, 2.05) is 0 Å². The van der Waals surface area contributed by atoms with Gasteiger partial charge in [-0.05, 0) is 44.4 Å². The molecule has 0 unspecified atom stereocenters. The molecule has 1 aromatic rings. The Bertz CT molecular complexity index is 723. The van der Waals surface area contributed by atoms with Crippen LogP contribution in [0.5, 0.6) is 0 Å². The highest BCUT2D eigenvalue weighted by Crippen LogP contribution is 2.40. The molecule has 26 heavy (non-hydrogen) atoms. The van der Waals surface area contributed by atoms with Crippen LogP contribution < -0.4 is 0 Å². The Morgan fingerprint density at radius 2 is 2.00 bits per heavy atom. The van der Waals surface area contributed by atoms with Crippen molar-refractivity contribution in [3.63, 3.8) is 0 Å². The van der Waals surface area contributed by atoms with Gasteiger partial charge in [-0.2, -0.15) is 18.4 Å². The summed E-state index contributed by atoms with van der Waals surface area (Å²) in [4.78, 5) is 13.8. The molecule has 0 spiro atoms. The molecule has 4 nitrogen and oxygen atoms in total. The number of carbonyl (C=O) groups is 1. The van der Waals surface area contributed by atoms with E-state index in [1.165, 1.54) is 11.0 Å². The third kappa shape index (κ3) is 4.91. The van der Waals surface area contributed by atoms with Crippen molar-refractivity contribution in [2.75, 3.05) is 13.1 Å². The molecule has 0 aliphatic carbocycles. The van der Waals surface area contributed by atoms with Crippen LogP contribution in [-0.2, 0) is 10.9 Å². The van der Waals surface area contributed by atoms with Crippen molar-refractivity contribution >= 4 is 22.0 Å². The molecule has 2 rings (SSSR count). The molecule has 2 atom stereocenters. The van der Waals surface area contributed by atoms with E-state index in [0.29, 0.717) is 23.1 Å². The van der Waals surface area contributed by atoms with E-state index in [1.54, 1.807) is 20.8 Å². The van der Waals surface area contributed by atoms with Crippen LogP contribution in [0.4, 0.5) is 18.0 Å². The minimum atomic E-state index is -4.43. The number of likely N-dealkylation sites (tertiary alicyclic amines) is 1. The van der Waals surface area contributed by atoms with Crippen LogP contribution in [0.2, 0.25) is 0 Å². The lowest BCUT2D eigenvalue weighted by molar-refractivity contribution is -0.137. The van der Waals surface area contributed by atoms with Crippen molar-refractivity contribution in [3.8, 4) is 6.07 Å². The van der Waals surface area contributed by atoms with Crippen LogP contribution in [0.3, 0.4) is 0 Å². The molecular weight excluding hydrogens is 413 g/mol. The van der Waals surface area contributed by atoms with Gasteiger partial charge in [0.25, 0.3) is 0 Å². The van der Waals surface area contributed by atoms with E-state index in [9.17, 15) is 18.0 Å². The molecule has 0 aromatic heterocycles. The van der Waals surface area contributed by atoms with Gasteiger partial charge in [0, 0.05) is 29.9 Å². The van der Waals surface area contributed by atoms with Crippen molar-refractivity contribution in [1.29, 1.82) is 5.26 Å². The molecule has 0 radical (unpaired) electrons. The van der Waals surface area contributed by atoms with Crippen molar-refractivity contribution < 1.29 is 22.7 Å². The van der Waals surface area contributed by atoms with Gasteiger partial charge in [-0.3, -0.25) is 0 Å². The third-order valence-corrected chi connectivity index (χ3v) is 4.86. The Hall–Kier alpha value is -1.75. The summed E-state index contributed by atoms with van der Waals surface area (Å²) in [5.74, 6) is -0.403. The quantitative estimate of drug-likeness (QED) is 0.634. The molecule has 0 bridgehead atoms. The molecule has 0 N–H and O–H groups in total. The first-order valence-corrected chi connectivity index (χ1v) is 8.93. The Balaban J connectivity index is 2.27. The summed E-state index contributed by atoms with van der Waals surface area (Å²) in [7, 11) is 0. The van der Waals surface area contributed by atoms with Crippen LogP contribution in [0.25, 0.3) is 0 Å². The van der Waals surface area contributed by atoms with Crippen molar-refractivity contribution in [2.45, 2.75) is 44.9 Å². The number of alkyl halides is 3. The van der Waals surface area contributed by atoms with Gasteiger partial charge in [-0.25, -0.2) is 4.79 Å². The average Bonchev–Trinajstić information content (AvgIpc) is 2.89. The second kappa shape index (κ2) is 7.47. The van der Waals surface area contributed by atoms with E-state index >= 15 is 0 Å². The van der Waals surface area contributed by atoms with E-state index in [-0.39, 0.29) is 18.3 Å². The fourth-order valence-corrected chi connectivity index (χ4v) is 3.70. The maximum atomic E-state index is 12.9. The summed E-state index contributed by atoms with van der Waals surface area (Å²) in [6, 6.07) is 5.58. The largest absolute Gasteiger partial charge is 0.444 e. The highest BCUT2D eigenvalue weighted by molar-refractivity contribution is 9.10. The van der Waals surface area contributed by atoms with Gasteiger partial charge >= 0.3 is 12.3 Å². The minimum absolute atomic E-state index is 0.166. The Morgan fingerprint density at radius 3 is 2.50 bits per heavy atom. The number of halogens is 4. The SMILES string of the molecule is CC(C)(C)OC(=O)N1C[C@H](CC#N)[C@@H](c2ccc(C(F)(F)F)cc2Br)C1. The fourth-order valence-electron chi connectivity index (χ4n) is 3.03. The first-order valence-electron chi connectivity index (χ1n) is 8.14. The molecule has 1 heterocycles. The predicted molar refractivity (Wildman–Crippen MR) is 93.4 cm³/mol. The maximum Gasteiger partial charge on any atom is 0.416 e. The smallest absolute Gasteiger partial charge is 0.416 e. The number of hydrogen-bond acceptors (Lipinski definition) is 3. The van der Waals surface area contributed by atoms with Gasteiger partial charge in [-0.15, -0.1) is 0 Å². The lowest BCUT2D eigenvalue weighted by Gasteiger charge is -2.24. The number of nitriles is 1. The highest BCUT2D eigenvalue weighted by Gasteiger charge is 2.39. The molecule has 1 amide bonds. The minimum Gasteiger partial charge on any atom is -0.444 e. The van der Waals surface area contributed by atoms with Gasteiger partial charge in [0.05, 0.1) is 11.6 Å². The number of ether oxygens (including phenoxy) is 1. The second-order valence-electron chi connectivity index (χ2n) is 7.35. The Kier molecular flexibility index (Phi) is 5.91. The standard InChI is InChI=1S/C18H20BrF3N2O2/c1-17(2,3)26-16(25)24-9-11(6-7-23)14(10-24)13-5-4-12(8-15(13)19)18(20,21)22/h4-5,8,11,14H,6,9-10H2,1-3H3/t11-,14-/m0/s1. The average molecular weight is 433 g/mol. The molecule has 1 fully saturated rings.